The Bertz CT molecular complexity index is 876. The Balaban J connectivity index is 1.93. The lowest BCUT2D eigenvalue weighted by molar-refractivity contribution is -0.146. The third kappa shape index (κ3) is 4.69. The fourth-order valence-corrected chi connectivity index (χ4v) is 2.23. The third-order valence-electron chi connectivity index (χ3n) is 4.02. The number of amides is 1. The fraction of sp³-hybridized carbons (Fsp3) is 0.333. The predicted molar refractivity (Wildman–Crippen MR) is 94.3 cm³/mol. The largest absolute Gasteiger partial charge is 0.494 e. The molecule has 2 rings (SSSR count). The van der Waals surface area contributed by atoms with Crippen molar-refractivity contribution in [3.63, 3.8) is 0 Å². The van der Waals surface area contributed by atoms with Crippen molar-refractivity contribution in [1.29, 1.82) is 0 Å². The van der Waals surface area contributed by atoms with Crippen molar-refractivity contribution < 1.29 is 28.6 Å². The van der Waals surface area contributed by atoms with Crippen molar-refractivity contribution >= 4 is 23.3 Å². The molecule has 1 aromatic heterocycles. The molecule has 1 aromatic carbocycles. The number of Topliss-reactive ketones (excluding diaryl/α,β-unsaturated/α-hetero) is 1. The molecule has 0 fully saturated rings. The predicted octanol–water partition coefficient (Wildman–Crippen LogP) is 2.45. The molecule has 1 amide bonds. The van der Waals surface area contributed by atoms with Crippen LogP contribution in [0.1, 0.15) is 37.0 Å². The van der Waals surface area contributed by atoms with E-state index in [4.69, 9.17) is 4.74 Å². The van der Waals surface area contributed by atoms with Gasteiger partial charge in [0.05, 0.1) is 19.0 Å². The monoisotopic (exact) mass is 377 g/mol. The number of hydrogen-bond donors (Lipinski definition) is 2. The van der Waals surface area contributed by atoms with Crippen molar-refractivity contribution in [1.82, 2.24) is 9.78 Å². The molecule has 0 bridgehead atoms. The van der Waals surface area contributed by atoms with E-state index in [1.165, 1.54) is 50.2 Å². The minimum atomic E-state index is -1.27. The Morgan fingerprint density at radius 1 is 1.30 bits per heavy atom. The van der Waals surface area contributed by atoms with Crippen molar-refractivity contribution in [2.45, 2.75) is 32.2 Å². The molecule has 1 heterocycles. The lowest BCUT2D eigenvalue weighted by Gasteiger charge is -2.19. The van der Waals surface area contributed by atoms with Crippen LogP contribution in [-0.2, 0) is 15.1 Å². The number of rotatable bonds is 8. The molecule has 144 valence electrons. The number of carboxylic acid groups (broad SMARTS) is 1. The highest BCUT2D eigenvalue weighted by atomic mass is 19.1. The molecule has 0 unspecified atom stereocenters. The SMILES string of the molecule is COc1ccc(C(=O)CCC(=O)Nc2cnn(C(C)(C)C(=O)O)c2)cc1F. The first-order valence-corrected chi connectivity index (χ1v) is 8.10. The second-order valence-electron chi connectivity index (χ2n) is 6.36. The standard InChI is InChI=1S/C18H20FN3O5/c1-18(2,17(25)26)22-10-12(9-20-22)21-16(24)7-5-14(23)11-4-6-15(27-3)13(19)8-11/h4,6,8-10H,5,7H2,1-3H3,(H,21,24)(H,25,26). The average molecular weight is 377 g/mol. The number of hydrogen-bond acceptors (Lipinski definition) is 5. The van der Waals surface area contributed by atoms with Crippen LogP contribution in [-0.4, -0.2) is 39.7 Å². The number of carbonyl (C=O) groups excluding carboxylic acids is 2. The number of carbonyl (C=O) groups is 3. The molecule has 0 aliphatic rings. The van der Waals surface area contributed by atoms with E-state index >= 15 is 0 Å². The van der Waals surface area contributed by atoms with Crippen LogP contribution < -0.4 is 10.1 Å². The fourth-order valence-electron chi connectivity index (χ4n) is 2.23. The number of benzene rings is 1. The Morgan fingerprint density at radius 3 is 2.59 bits per heavy atom. The lowest BCUT2D eigenvalue weighted by atomic mass is 10.1. The van der Waals surface area contributed by atoms with Gasteiger partial charge >= 0.3 is 5.97 Å². The number of ether oxygens (including phenoxy) is 1. The van der Waals surface area contributed by atoms with Crippen molar-refractivity contribution in [3.8, 4) is 5.75 Å². The zero-order valence-corrected chi connectivity index (χ0v) is 15.2. The van der Waals surface area contributed by atoms with E-state index in [0.29, 0.717) is 5.69 Å². The second kappa shape index (κ2) is 7.98. The number of nitrogens with one attached hydrogen (secondary N) is 1. The van der Waals surface area contributed by atoms with Gasteiger partial charge < -0.3 is 15.2 Å². The molecule has 9 heteroatoms. The van der Waals surface area contributed by atoms with Gasteiger partial charge in [-0.2, -0.15) is 5.10 Å². The van der Waals surface area contributed by atoms with E-state index in [1.807, 2.05) is 0 Å². The van der Waals surface area contributed by atoms with Gasteiger partial charge in [0.25, 0.3) is 0 Å². The molecule has 27 heavy (non-hydrogen) atoms. The number of halogens is 1. The number of aliphatic carboxylic acids is 1. The Kier molecular flexibility index (Phi) is 5.94. The molecule has 8 nitrogen and oxygen atoms in total. The van der Waals surface area contributed by atoms with E-state index in [9.17, 15) is 23.9 Å². The number of nitrogens with zero attached hydrogens (tertiary/aromatic N) is 2. The number of anilines is 1. The van der Waals surface area contributed by atoms with Crippen LogP contribution in [0, 0.1) is 5.82 Å². The van der Waals surface area contributed by atoms with E-state index < -0.39 is 23.2 Å². The molecule has 0 saturated heterocycles. The zero-order valence-electron chi connectivity index (χ0n) is 15.2. The quantitative estimate of drug-likeness (QED) is 0.684. The van der Waals surface area contributed by atoms with E-state index in [0.717, 1.165) is 6.07 Å². The van der Waals surface area contributed by atoms with Crippen LogP contribution in [0.15, 0.2) is 30.6 Å². The molecule has 2 N–H and O–H groups in total. The summed E-state index contributed by atoms with van der Waals surface area (Å²) in [7, 11) is 1.32. The van der Waals surface area contributed by atoms with Gasteiger partial charge in [0.15, 0.2) is 22.9 Å². The van der Waals surface area contributed by atoms with E-state index in [-0.39, 0.29) is 29.9 Å². The zero-order chi connectivity index (χ0) is 20.2. The lowest BCUT2D eigenvalue weighted by Crippen LogP contribution is -2.35. The van der Waals surface area contributed by atoms with E-state index in [1.54, 1.807) is 0 Å². The van der Waals surface area contributed by atoms with Crippen molar-refractivity contribution in [2.24, 2.45) is 0 Å². The van der Waals surface area contributed by atoms with Gasteiger partial charge in [-0.3, -0.25) is 14.3 Å². The Hall–Kier alpha value is -3.23. The smallest absolute Gasteiger partial charge is 0.331 e. The highest BCUT2D eigenvalue weighted by Crippen LogP contribution is 2.20. The summed E-state index contributed by atoms with van der Waals surface area (Å²) < 4.78 is 19.7. The molecule has 2 aromatic rings. The molecular weight excluding hydrogens is 357 g/mol. The van der Waals surface area contributed by atoms with Gasteiger partial charge in [0, 0.05) is 24.6 Å². The first-order chi connectivity index (χ1) is 12.6. The van der Waals surface area contributed by atoms with Crippen LogP contribution >= 0.6 is 0 Å². The summed E-state index contributed by atoms with van der Waals surface area (Å²) in [4.78, 5) is 35.3. The first kappa shape index (κ1) is 20.1. The van der Waals surface area contributed by atoms with Gasteiger partial charge in [0.2, 0.25) is 5.91 Å². The molecule has 0 atom stereocenters. The second-order valence-corrected chi connectivity index (χ2v) is 6.36. The maximum absolute atomic E-state index is 13.6. The highest BCUT2D eigenvalue weighted by molar-refractivity contribution is 6.00. The summed E-state index contributed by atoms with van der Waals surface area (Å²) in [6.45, 7) is 2.95. The number of aromatic nitrogens is 2. The average Bonchev–Trinajstić information content (AvgIpc) is 3.08. The van der Waals surface area contributed by atoms with Crippen molar-refractivity contribution in [2.75, 3.05) is 12.4 Å². The molecule has 0 saturated carbocycles. The minimum Gasteiger partial charge on any atom is -0.494 e. The summed E-state index contributed by atoms with van der Waals surface area (Å²) in [6.07, 6.45) is 2.50. The van der Waals surface area contributed by atoms with Crippen LogP contribution in [0.4, 0.5) is 10.1 Å². The van der Waals surface area contributed by atoms with Gasteiger partial charge in [0.1, 0.15) is 0 Å². The normalized spacial score (nSPS) is 11.1. The maximum atomic E-state index is 13.6. The number of carboxylic acids is 1. The summed E-state index contributed by atoms with van der Waals surface area (Å²) in [5, 5.41) is 15.7. The molecule has 0 aliphatic carbocycles. The first-order valence-electron chi connectivity index (χ1n) is 8.10. The van der Waals surface area contributed by atoms with Crippen LogP contribution in [0.3, 0.4) is 0 Å². The molecule has 0 aliphatic heterocycles. The van der Waals surface area contributed by atoms with Gasteiger partial charge in [-0.05, 0) is 32.0 Å². The summed E-state index contributed by atoms with van der Waals surface area (Å²) in [5.41, 5.74) is -0.799. The van der Waals surface area contributed by atoms with Crippen molar-refractivity contribution in [3.05, 3.63) is 42.0 Å². The number of methoxy groups -OCH3 is 1. The Labute approximate surface area is 154 Å². The minimum absolute atomic E-state index is 0.0330. The summed E-state index contributed by atoms with van der Waals surface area (Å²) >= 11 is 0. The third-order valence-corrected chi connectivity index (χ3v) is 4.02. The highest BCUT2D eigenvalue weighted by Gasteiger charge is 2.30. The summed E-state index contributed by atoms with van der Waals surface area (Å²) in [5.74, 6) is -2.51. The van der Waals surface area contributed by atoms with Gasteiger partial charge in [-0.15, -0.1) is 0 Å². The molecule has 0 spiro atoms. The summed E-state index contributed by atoms with van der Waals surface area (Å²) in [6, 6.07) is 3.85. The molecular formula is C18H20FN3O5. The van der Waals surface area contributed by atoms with Crippen LogP contribution in [0.2, 0.25) is 0 Å². The van der Waals surface area contributed by atoms with E-state index in [2.05, 4.69) is 10.4 Å². The Morgan fingerprint density at radius 2 is 2.00 bits per heavy atom. The molecule has 0 radical (unpaired) electrons. The maximum Gasteiger partial charge on any atom is 0.331 e. The van der Waals surface area contributed by atoms with Crippen LogP contribution in [0.5, 0.6) is 5.75 Å². The van der Waals surface area contributed by atoms with Gasteiger partial charge in [-0.1, -0.05) is 0 Å². The topological polar surface area (TPSA) is 111 Å². The van der Waals surface area contributed by atoms with Gasteiger partial charge in [-0.25, -0.2) is 9.18 Å². The van der Waals surface area contributed by atoms with Crippen LogP contribution in [0.25, 0.3) is 0 Å². The number of ketones is 1.